The van der Waals surface area contributed by atoms with E-state index in [1.54, 1.807) is 16.9 Å². The van der Waals surface area contributed by atoms with Gasteiger partial charge in [-0.3, -0.25) is 9.59 Å². The van der Waals surface area contributed by atoms with E-state index in [9.17, 15) is 14.7 Å². The Morgan fingerprint density at radius 2 is 1.77 bits per heavy atom. The fourth-order valence-corrected chi connectivity index (χ4v) is 3.77. The molecule has 0 saturated carbocycles. The number of ether oxygens (including phenoxy) is 1. The first-order chi connectivity index (χ1) is 14.4. The maximum absolute atomic E-state index is 12.6. The van der Waals surface area contributed by atoms with Gasteiger partial charge in [0, 0.05) is 38.2 Å². The molecule has 0 bridgehead atoms. The molecule has 2 aromatic carbocycles. The van der Waals surface area contributed by atoms with Crippen molar-refractivity contribution in [2.45, 2.75) is 12.8 Å². The van der Waals surface area contributed by atoms with Crippen molar-refractivity contribution in [2.24, 2.45) is 0 Å². The van der Waals surface area contributed by atoms with Gasteiger partial charge in [-0.1, -0.05) is 30.3 Å². The van der Waals surface area contributed by atoms with Gasteiger partial charge in [0.15, 0.2) is 0 Å². The van der Waals surface area contributed by atoms with Crippen LogP contribution in [0.2, 0.25) is 5.02 Å². The highest BCUT2D eigenvalue weighted by Crippen LogP contribution is 2.35. The standard InChI is InChI=1S/C23H25ClN2O4/c1-3-22(28)25-10-12-26(13-11-25)23(29)9-6-17-14-19(20(24)15-21(17)27)16-4-7-18(30-2)8-5-16/h3-5,7-8,14-15,27H,1,6,9-13H2,2H3. The lowest BCUT2D eigenvalue weighted by molar-refractivity contribution is -0.137. The van der Waals surface area contributed by atoms with E-state index < -0.39 is 0 Å². The predicted molar refractivity (Wildman–Crippen MR) is 117 cm³/mol. The highest BCUT2D eigenvalue weighted by Gasteiger charge is 2.23. The number of carbonyl (C=O) groups excluding carboxylic acids is 2. The summed E-state index contributed by atoms with van der Waals surface area (Å²) < 4.78 is 5.19. The Hall–Kier alpha value is -2.99. The van der Waals surface area contributed by atoms with E-state index in [1.807, 2.05) is 30.3 Å². The maximum atomic E-state index is 12.6. The number of aryl methyl sites for hydroxylation is 1. The molecule has 0 unspecified atom stereocenters. The molecule has 158 valence electrons. The van der Waals surface area contributed by atoms with Crippen LogP contribution in [0.1, 0.15) is 12.0 Å². The third-order valence-electron chi connectivity index (χ3n) is 5.30. The first-order valence-corrected chi connectivity index (χ1v) is 10.2. The molecule has 3 rings (SSSR count). The zero-order chi connectivity index (χ0) is 21.7. The molecule has 6 nitrogen and oxygen atoms in total. The van der Waals surface area contributed by atoms with Gasteiger partial charge in [-0.25, -0.2) is 0 Å². The lowest BCUT2D eigenvalue weighted by Crippen LogP contribution is -2.50. The van der Waals surface area contributed by atoms with Crippen LogP contribution in [-0.4, -0.2) is 60.0 Å². The number of hydrogen-bond acceptors (Lipinski definition) is 4. The molecule has 30 heavy (non-hydrogen) atoms. The number of piperazine rings is 1. The summed E-state index contributed by atoms with van der Waals surface area (Å²) >= 11 is 6.34. The van der Waals surface area contributed by atoms with Gasteiger partial charge in [0.05, 0.1) is 12.1 Å². The van der Waals surface area contributed by atoms with Gasteiger partial charge >= 0.3 is 0 Å². The zero-order valence-electron chi connectivity index (χ0n) is 16.9. The van der Waals surface area contributed by atoms with Crippen molar-refractivity contribution in [3.05, 3.63) is 59.6 Å². The van der Waals surface area contributed by atoms with Crippen LogP contribution < -0.4 is 4.74 Å². The van der Waals surface area contributed by atoms with E-state index in [0.29, 0.717) is 43.2 Å². The van der Waals surface area contributed by atoms with Gasteiger partial charge in [0.1, 0.15) is 11.5 Å². The third-order valence-corrected chi connectivity index (χ3v) is 5.61. The van der Waals surface area contributed by atoms with Crippen LogP contribution in [-0.2, 0) is 16.0 Å². The molecule has 0 atom stereocenters. The summed E-state index contributed by atoms with van der Waals surface area (Å²) in [5, 5.41) is 10.7. The predicted octanol–water partition coefficient (Wildman–Crippen LogP) is 3.51. The van der Waals surface area contributed by atoms with Crippen LogP contribution in [0, 0.1) is 0 Å². The number of phenolic OH excluding ortho intramolecular Hbond substituents is 1. The summed E-state index contributed by atoms with van der Waals surface area (Å²) in [4.78, 5) is 27.7. The van der Waals surface area contributed by atoms with Gasteiger partial charge in [-0.15, -0.1) is 0 Å². The highest BCUT2D eigenvalue weighted by molar-refractivity contribution is 6.33. The summed E-state index contributed by atoms with van der Waals surface area (Å²) in [6, 6.07) is 10.8. The van der Waals surface area contributed by atoms with Crippen LogP contribution >= 0.6 is 11.6 Å². The SMILES string of the molecule is C=CC(=O)N1CCN(C(=O)CCc2cc(-c3ccc(OC)cc3)c(Cl)cc2O)CC1. The van der Waals surface area contributed by atoms with Crippen molar-refractivity contribution >= 4 is 23.4 Å². The van der Waals surface area contributed by atoms with Gasteiger partial charge in [-0.2, -0.15) is 0 Å². The van der Waals surface area contributed by atoms with E-state index in [1.165, 1.54) is 12.1 Å². The van der Waals surface area contributed by atoms with Crippen molar-refractivity contribution in [1.82, 2.24) is 9.80 Å². The Balaban J connectivity index is 1.66. The molecule has 0 aliphatic carbocycles. The number of rotatable bonds is 6. The lowest BCUT2D eigenvalue weighted by Gasteiger charge is -2.34. The summed E-state index contributed by atoms with van der Waals surface area (Å²) in [6.45, 7) is 5.51. The topological polar surface area (TPSA) is 70.1 Å². The average molecular weight is 429 g/mol. The minimum absolute atomic E-state index is 0.000972. The number of phenols is 1. The molecule has 0 radical (unpaired) electrons. The summed E-state index contributed by atoms with van der Waals surface area (Å²) in [5.41, 5.74) is 2.35. The molecule has 1 aliphatic heterocycles. The molecule has 1 fully saturated rings. The van der Waals surface area contributed by atoms with E-state index in [0.717, 1.165) is 16.9 Å². The van der Waals surface area contributed by atoms with Crippen molar-refractivity contribution in [3.8, 4) is 22.6 Å². The molecule has 1 aliphatic rings. The molecule has 1 N–H and O–H groups in total. The van der Waals surface area contributed by atoms with Gasteiger partial charge in [-0.05, 0) is 47.9 Å². The Kier molecular flexibility index (Phi) is 7.00. The quantitative estimate of drug-likeness (QED) is 0.715. The van der Waals surface area contributed by atoms with Crippen LogP contribution in [0.4, 0.5) is 0 Å². The molecule has 0 aromatic heterocycles. The minimum Gasteiger partial charge on any atom is -0.508 e. The number of nitrogens with zero attached hydrogens (tertiary/aromatic N) is 2. The first kappa shape index (κ1) is 21.7. The van der Waals surface area contributed by atoms with Crippen LogP contribution in [0.15, 0.2) is 49.1 Å². The molecule has 1 heterocycles. The third kappa shape index (κ3) is 4.94. The first-order valence-electron chi connectivity index (χ1n) is 9.78. The molecule has 7 heteroatoms. The Bertz CT molecular complexity index is 935. The van der Waals surface area contributed by atoms with Gasteiger partial charge in [0.25, 0.3) is 0 Å². The van der Waals surface area contributed by atoms with E-state index in [-0.39, 0.29) is 24.0 Å². The highest BCUT2D eigenvalue weighted by atomic mass is 35.5. The number of aromatic hydroxyl groups is 1. The second kappa shape index (κ2) is 9.67. The van der Waals surface area contributed by atoms with Crippen LogP contribution in [0.25, 0.3) is 11.1 Å². The fourth-order valence-electron chi connectivity index (χ4n) is 3.50. The molecule has 2 amide bonds. The second-order valence-corrected chi connectivity index (χ2v) is 7.51. The monoisotopic (exact) mass is 428 g/mol. The normalized spacial score (nSPS) is 13.8. The Morgan fingerprint density at radius 3 is 2.37 bits per heavy atom. The Labute approximate surface area is 181 Å². The summed E-state index contributed by atoms with van der Waals surface area (Å²) in [5.74, 6) is 0.709. The molecule has 1 saturated heterocycles. The molecular formula is C23H25ClN2O4. The average Bonchev–Trinajstić information content (AvgIpc) is 2.78. The van der Waals surface area contributed by atoms with Gasteiger partial charge in [0.2, 0.25) is 11.8 Å². The van der Waals surface area contributed by atoms with Gasteiger partial charge < -0.3 is 19.6 Å². The van der Waals surface area contributed by atoms with Crippen molar-refractivity contribution in [2.75, 3.05) is 33.3 Å². The van der Waals surface area contributed by atoms with E-state index >= 15 is 0 Å². The van der Waals surface area contributed by atoms with Crippen molar-refractivity contribution < 1.29 is 19.4 Å². The zero-order valence-corrected chi connectivity index (χ0v) is 17.7. The number of benzene rings is 2. The summed E-state index contributed by atoms with van der Waals surface area (Å²) in [7, 11) is 1.61. The maximum Gasteiger partial charge on any atom is 0.246 e. The van der Waals surface area contributed by atoms with Crippen LogP contribution in [0.3, 0.4) is 0 Å². The fraction of sp³-hybridized carbons (Fsp3) is 0.304. The number of halogens is 1. The smallest absolute Gasteiger partial charge is 0.246 e. The van der Waals surface area contributed by atoms with E-state index in [4.69, 9.17) is 16.3 Å². The number of carbonyl (C=O) groups is 2. The molecule has 0 spiro atoms. The van der Waals surface area contributed by atoms with Crippen molar-refractivity contribution in [3.63, 3.8) is 0 Å². The Morgan fingerprint density at radius 1 is 1.13 bits per heavy atom. The molecular weight excluding hydrogens is 404 g/mol. The largest absolute Gasteiger partial charge is 0.508 e. The van der Waals surface area contributed by atoms with Crippen LogP contribution in [0.5, 0.6) is 11.5 Å². The minimum atomic E-state index is -0.112. The number of amides is 2. The number of hydrogen-bond donors (Lipinski definition) is 1. The number of methoxy groups -OCH3 is 1. The lowest BCUT2D eigenvalue weighted by atomic mass is 9.99. The second-order valence-electron chi connectivity index (χ2n) is 7.10. The van der Waals surface area contributed by atoms with Crippen molar-refractivity contribution in [1.29, 1.82) is 0 Å². The molecule has 2 aromatic rings. The summed E-state index contributed by atoms with van der Waals surface area (Å²) in [6.07, 6.45) is 1.96. The van der Waals surface area contributed by atoms with E-state index in [2.05, 4.69) is 6.58 Å².